The first-order chi connectivity index (χ1) is 8.16. The summed E-state index contributed by atoms with van der Waals surface area (Å²) in [7, 11) is 0. The van der Waals surface area contributed by atoms with Crippen molar-refractivity contribution in [3.05, 3.63) is 35.1 Å². The van der Waals surface area contributed by atoms with Crippen molar-refractivity contribution in [3.8, 4) is 0 Å². The summed E-state index contributed by atoms with van der Waals surface area (Å²) < 4.78 is 27.2. The van der Waals surface area contributed by atoms with Crippen molar-refractivity contribution in [2.75, 3.05) is 13.1 Å². The standard InChI is InChI=1S/C14H19F2N/c1-10-4-5-13(15)7-12(10)8-14(16)11-3-2-6-17-9-11/h4-5,7,11,14,17H,2-3,6,8-9H2,1H3. The first-order valence-electron chi connectivity index (χ1n) is 6.26. The second kappa shape index (κ2) is 5.58. The minimum absolute atomic E-state index is 0.0754. The maximum atomic E-state index is 14.1. The van der Waals surface area contributed by atoms with Gasteiger partial charge in [0, 0.05) is 18.9 Å². The van der Waals surface area contributed by atoms with Crippen molar-refractivity contribution in [3.63, 3.8) is 0 Å². The van der Waals surface area contributed by atoms with Crippen LogP contribution in [0.3, 0.4) is 0 Å². The molecule has 1 fully saturated rings. The van der Waals surface area contributed by atoms with Gasteiger partial charge in [-0.15, -0.1) is 0 Å². The average molecular weight is 239 g/mol. The van der Waals surface area contributed by atoms with E-state index in [0.29, 0.717) is 6.42 Å². The summed E-state index contributed by atoms with van der Waals surface area (Å²) >= 11 is 0. The summed E-state index contributed by atoms with van der Waals surface area (Å²) in [6, 6.07) is 4.60. The Morgan fingerprint density at radius 1 is 1.47 bits per heavy atom. The molecule has 0 spiro atoms. The van der Waals surface area contributed by atoms with Crippen LogP contribution in [0, 0.1) is 18.7 Å². The predicted octanol–water partition coefficient (Wildman–Crippen LogP) is 3.01. The summed E-state index contributed by atoms with van der Waals surface area (Å²) in [5, 5.41) is 3.21. The van der Waals surface area contributed by atoms with Crippen LogP contribution in [0.2, 0.25) is 0 Å². The first-order valence-corrected chi connectivity index (χ1v) is 6.26. The lowest BCUT2D eigenvalue weighted by Crippen LogP contribution is -2.35. The number of hydrogen-bond donors (Lipinski definition) is 1. The lowest BCUT2D eigenvalue weighted by atomic mass is 9.90. The third-order valence-corrected chi connectivity index (χ3v) is 3.57. The minimum Gasteiger partial charge on any atom is -0.316 e. The van der Waals surface area contributed by atoms with E-state index in [0.717, 1.165) is 37.1 Å². The van der Waals surface area contributed by atoms with Gasteiger partial charge in [0.1, 0.15) is 12.0 Å². The highest BCUT2D eigenvalue weighted by molar-refractivity contribution is 5.27. The van der Waals surface area contributed by atoms with Gasteiger partial charge in [-0.3, -0.25) is 0 Å². The fraction of sp³-hybridized carbons (Fsp3) is 0.571. The predicted molar refractivity (Wildman–Crippen MR) is 65.3 cm³/mol. The molecular weight excluding hydrogens is 220 g/mol. The average Bonchev–Trinajstić information content (AvgIpc) is 2.35. The lowest BCUT2D eigenvalue weighted by Gasteiger charge is -2.26. The fourth-order valence-corrected chi connectivity index (χ4v) is 2.42. The van der Waals surface area contributed by atoms with Crippen LogP contribution in [-0.4, -0.2) is 19.3 Å². The van der Waals surface area contributed by atoms with E-state index in [9.17, 15) is 8.78 Å². The van der Waals surface area contributed by atoms with Crippen LogP contribution in [0.25, 0.3) is 0 Å². The number of piperidine rings is 1. The third-order valence-electron chi connectivity index (χ3n) is 3.57. The van der Waals surface area contributed by atoms with Crippen molar-refractivity contribution in [2.45, 2.75) is 32.4 Å². The van der Waals surface area contributed by atoms with Gasteiger partial charge in [-0.2, -0.15) is 0 Å². The van der Waals surface area contributed by atoms with E-state index >= 15 is 0 Å². The molecule has 0 saturated carbocycles. The van der Waals surface area contributed by atoms with Crippen LogP contribution in [0.4, 0.5) is 8.78 Å². The molecule has 0 aliphatic carbocycles. The van der Waals surface area contributed by atoms with Crippen LogP contribution in [0.1, 0.15) is 24.0 Å². The molecular formula is C14H19F2N. The highest BCUT2D eigenvalue weighted by Gasteiger charge is 2.23. The topological polar surface area (TPSA) is 12.0 Å². The molecule has 1 aromatic rings. The zero-order chi connectivity index (χ0) is 12.3. The Bertz CT molecular complexity index is 372. The third kappa shape index (κ3) is 3.25. The summed E-state index contributed by atoms with van der Waals surface area (Å²) in [4.78, 5) is 0. The molecule has 0 amide bonds. The Morgan fingerprint density at radius 3 is 3.00 bits per heavy atom. The molecule has 17 heavy (non-hydrogen) atoms. The second-order valence-corrected chi connectivity index (χ2v) is 4.90. The highest BCUT2D eigenvalue weighted by Crippen LogP contribution is 2.22. The molecule has 1 saturated heterocycles. The van der Waals surface area contributed by atoms with Crippen molar-refractivity contribution >= 4 is 0 Å². The van der Waals surface area contributed by atoms with Crippen LogP contribution in [0.15, 0.2) is 18.2 Å². The van der Waals surface area contributed by atoms with Crippen molar-refractivity contribution < 1.29 is 8.78 Å². The molecule has 2 unspecified atom stereocenters. The highest BCUT2D eigenvalue weighted by atomic mass is 19.1. The van der Waals surface area contributed by atoms with E-state index in [1.165, 1.54) is 12.1 Å². The smallest absolute Gasteiger partial charge is 0.123 e. The van der Waals surface area contributed by atoms with E-state index in [4.69, 9.17) is 0 Å². The molecule has 0 aromatic heterocycles. The lowest BCUT2D eigenvalue weighted by molar-refractivity contribution is 0.191. The van der Waals surface area contributed by atoms with Gasteiger partial charge < -0.3 is 5.32 Å². The maximum Gasteiger partial charge on any atom is 0.123 e. The van der Waals surface area contributed by atoms with Crippen LogP contribution >= 0.6 is 0 Å². The van der Waals surface area contributed by atoms with Gasteiger partial charge >= 0.3 is 0 Å². The van der Waals surface area contributed by atoms with Crippen LogP contribution < -0.4 is 5.32 Å². The van der Waals surface area contributed by atoms with Crippen molar-refractivity contribution in [1.82, 2.24) is 5.32 Å². The maximum absolute atomic E-state index is 14.1. The quantitative estimate of drug-likeness (QED) is 0.855. The number of hydrogen-bond acceptors (Lipinski definition) is 1. The van der Waals surface area contributed by atoms with E-state index in [2.05, 4.69) is 5.32 Å². The van der Waals surface area contributed by atoms with Gasteiger partial charge in [0.15, 0.2) is 0 Å². The molecule has 1 heterocycles. The molecule has 2 rings (SSSR count). The SMILES string of the molecule is Cc1ccc(F)cc1CC(F)C1CCCNC1. The minimum atomic E-state index is -0.872. The second-order valence-electron chi connectivity index (χ2n) is 4.90. The first kappa shape index (κ1) is 12.5. The van der Waals surface area contributed by atoms with Crippen LogP contribution in [0.5, 0.6) is 0 Å². The van der Waals surface area contributed by atoms with Crippen molar-refractivity contribution in [2.24, 2.45) is 5.92 Å². The molecule has 2 atom stereocenters. The molecule has 3 heteroatoms. The number of alkyl halides is 1. The number of rotatable bonds is 3. The van der Waals surface area contributed by atoms with Gasteiger partial charge in [-0.1, -0.05) is 6.07 Å². The van der Waals surface area contributed by atoms with Gasteiger partial charge in [0.2, 0.25) is 0 Å². The molecule has 0 radical (unpaired) electrons. The molecule has 1 aliphatic rings. The molecule has 1 aliphatic heterocycles. The Labute approximate surface area is 101 Å². The summed E-state index contributed by atoms with van der Waals surface area (Å²) in [6.45, 7) is 3.64. The van der Waals surface area contributed by atoms with Crippen LogP contribution in [-0.2, 0) is 6.42 Å². The normalized spacial score (nSPS) is 22.4. The largest absolute Gasteiger partial charge is 0.316 e. The monoisotopic (exact) mass is 239 g/mol. The van der Waals surface area contributed by atoms with Gasteiger partial charge in [-0.05, 0) is 49.6 Å². The van der Waals surface area contributed by atoms with E-state index < -0.39 is 6.17 Å². The zero-order valence-corrected chi connectivity index (χ0v) is 10.2. The van der Waals surface area contributed by atoms with Crippen molar-refractivity contribution in [1.29, 1.82) is 0 Å². The Hall–Kier alpha value is -0.960. The number of aryl methyl sites for hydroxylation is 1. The molecule has 0 bridgehead atoms. The summed E-state index contributed by atoms with van der Waals surface area (Å²) in [6.07, 6.45) is 1.43. The molecule has 94 valence electrons. The van der Waals surface area contributed by atoms with E-state index in [1.807, 2.05) is 6.92 Å². The molecule has 1 nitrogen and oxygen atoms in total. The Morgan fingerprint density at radius 2 is 2.29 bits per heavy atom. The summed E-state index contributed by atoms with van der Waals surface area (Å²) in [5.74, 6) is -0.203. The Kier molecular flexibility index (Phi) is 4.11. The Balaban J connectivity index is 2.01. The molecule has 1 aromatic carbocycles. The van der Waals surface area contributed by atoms with Gasteiger partial charge in [-0.25, -0.2) is 8.78 Å². The zero-order valence-electron chi connectivity index (χ0n) is 10.2. The summed E-state index contributed by atoms with van der Waals surface area (Å²) in [5.41, 5.74) is 1.76. The van der Waals surface area contributed by atoms with Gasteiger partial charge in [0.25, 0.3) is 0 Å². The van der Waals surface area contributed by atoms with E-state index in [1.54, 1.807) is 6.07 Å². The number of halogens is 2. The molecule has 1 N–H and O–H groups in total. The fourth-order valence-electron chi connectivity index (χ4n) is 2.42. The van der Waals surface area contributed by atoms with Gasteiger partial charge in [0.05, 0.1) is 0 Å². The number of nitrogens with one attached hydrogen (secondary N) is 1. The van der Waals surface area contributed by atoms with E-state index in [-0.39, 0.29) is 11.7 Å². The number of benzene rings is 1.